The van der Waals surface area contributed by atoms with E-state index >= 15 is 0 Å². The summed E-state index contributed by atoms with van der Waals surface area (Å²) in [6.45, 7) is 1.16. The number of unbranched alkanes of at least 4 members (excludes halogenated alkanes) is 13. The van der Waals surface area contributed by atoms with E-state index in [0.717, 1.165) is 125 Å². The minimum Gasteiger partial charge on any atom is -0.390 e. The molecule has 1 aliphatic heterocycles. The van der Waals surface area contributed by atoms with Crippen molar-refractivity contribution in [3.8, 4) is 0 Å². The summed E-state index contributed by atoms with van der Waals surface area (Å²) >= 11 is 1.54. The van der Waals surface area contributed by atoms with Crippen LogP contribution in [-0.4, -0.2) is 76.1 Å². The molecule has 296 valence electrons. The first kappa shape index (κ1) is 43.2. The highest BCUT2D eigenvalue weighted by Gasteiger charge is 2.34. The normalized spacial score (nSPS) is 17.3. The molecule has 0 spiro atoms. The van der Waals surface area contributed by atoms with E-state index in [1.54, 1.807) is 12.1 Å². The smallest absolute Gasteiger partial charge is 0.252 e. The third-order valence-corrected chi connectivity index (χ3v) is 12.7. The number of rotatable bonds is 27. The van der Waals surface area contributed by atoms with Crippen LogP contribution >= 0.6 is 11.3 Å². The fourth-order valence-corrected chi connectivity index (χ4v) is 9.33. The van der Waals surface area contributed by atoms with Gasteiger partial charge in [-0.05, 0) is 62.1 Å². The molecule has 0 unspecified atom stereocenters. The first-order valence-electron chi connectivity index (χ1n) is 20.2. The van der Waals surface area contributed by atoms with E-state index < -0.39 is 22.2 Å². The lowest BCUT2D eigenvalue weighted by Gasteiger charge is -2.22. The number of carbonyl (C=O) groups is 1. The SMILES string of the molecule is CN(C)c1cccc2c(S(=O)(=O)NCCCCCCCCC[C@@H](O)[C@H]3CC[C@H]([C@H](O)CCCCCCCCCCNC(=O)c4ccsc4)O3)cccc12. The molecule has 11 heteroatoms. The Bertz CT molecular complexity index is 1580. The van der Waals surface area contributed by atoms with E-state index in [2.05, 4.69) is 10.0 Å². The monoisotopic (exact) mass is 771 g/mol. The molecule has 2 heterocycles. The molecular formula is C42H65N3O6S2. The number of hydrogen-bond acceptors (Lipinski definition) is 8. The predicted octanol–water partition coefficient (Wildman–Crippen LogP) is 8.58. The first-order valence-corrected chi connectivity index (χ1v) is 22.6. The van der Waals surface area contributed by atoms with Crippen LogP contribution in [0, 0.1) is 0 Å². The number of sulfonamides is 1. The summed E-state index contributed by atoms with van der Waals surface area (Å²) in [5.74, 6) is 0.0235. The number of hydrogen-bond donors (Lipinski definition) is 4. The van der Waals surface area contributed by atoms with Gasteiger partial charge in [0, 0.05) is 54.6 Å². The van der Waals surface area contributed by atoms with Crippen LogP contribution in [-0.2, 0) is 14.8 Å². The van der Waals surface area contributed by atoms with Crippen LogP contribution in [0.25, 0.3) is 10.8 Å². The van der Waals surface area contributed by atoms with E-state index in [1.165, 1.54) is 37.0 Å². The van der Waals surface area contributed by atoms with Gasteiger partial charge < -0.3 is 25.2 Å². The summed E-state index contributed by atoms with van der Waals surface area (Å²) < 4.78 is 35.1. The molecule has 1 amide bonds. The second kappa shape index (κ2) is 23.4. The van der Waals surface area contributed by atoms with Crippen molar-refractivity contribution in [1.29, 1.82) is 0 Å². The van der Waals surface area contributed by atoms with Gasteiger partial charge in [-0.25, -0.2) is 13.1 Å². The second-order valence-electron chi connectivity index (χ2n) is 15.0. The quantitative estimate of drug-likeness (QED) is 0.0572. The molecule has 4 N–H and O–H groups in total. The van der Waals surface area contributed by atoms with Crippen LogP contribution < -0.4 is 14.9 Å². The Morgan fingerprint density at radius 2 is 1.28 bits per heavy atom. The Hall–Kier alpha value is -2.54. The lowest BCUT2D eigenvalue weighted by atomic mass is 10.00. The third kappa shape index (κ3) is 14.6. The lowest BCUT2D eigenvalue weighted by molar-refractivity contribution is -0.0786. The number of thiophene rings is 1. The van der Waals surface area contributed by atoms with Gasteiger partial charge >= 0.3 is 0 Å². The maximum absolute atomic E-state index is 13.1. The van der Waals surface area contributed by atoms with Crippen LogP contribution in [0.1, 0.15) is 132 Å². The minimum absolute atomic E-state index is 0.0235. The Kier molecular flexibility index (Phi) is 19.1. The van der Waals surface area contributed by atoms with Gasteiger partial charge in [-0.2, -0.15) is 11.3 Å². The Labute approximate surface area is 323 Å². The molecule has 53 heavy (non-hydrogen) atoms. The Balaban J connectivity index is 0.947. The molecule has 2 aromatic carbocycles. The molecule has 4 atom stereocenters. The molecule has 0 aliphatic carbocycles. The number of aliphatic hydroxyl groups is 2. The van der Waals surface area contributed by atoms with Crippen molar-refractivity contribution in [3.05, 3.63) is 58.8 Å². The number of nitrogens with one attached hydrogen (secondary N) is 2. The Morgan fingerprint density at radius 3 is 1.85 bits per heavy atom. The molecule has 0 bridgehead atoms. The minimum atomic E-state index is -3.60. The topological polar surface area (TPSA) is 128 Å². The number of ether oxygens (including phenoxy) is 1. The first-order chi connectivity index (χ1) is 25.7. The summed E-state index contributed by atoms with van der Waals surface area (Å²) in [7, 11) is 0.318. The van der Waals surface area contributed by atoms with Crippen LogP contribution in [0.15, 0.2) is 58.1 Å². The number of amides is 1. The highest BCUT2D eigenvalue weighted by Crippen LogP contribution is 2.31. The van der Waals surface area contributed by atoms with Gasteiger partial charge in [0.25, 0.3) is 5.91 Å². The van der Waals surface area contributed by atoms with Crippen molar-refractivity contribution < 1.29 is 28.2 Å². The maximum atomic E-state index is 13.1. The number of benzene rings is 2. The van der Waals surface area contributed by atoms with E-state index in [-0.39, 0.29) is 18.1 Å². The number of fused-ring (bicyclic) bond motifs is 1. The van der Waals surface area contributed by atoms with Crippen molar-refractivity contribution in [2.75, 3.05) is 32.1 Å². The van der Waals surface area contributed by atoms with E-state index in [0.29, 0.717) is 11.4 Å². The van der Waals surface area contributed by atoms with Gasteiger partial charge in [0.2, 0.25) is 10.0 Å². The zero-order valence-electron chi connectivity index (χ0n) is 32.1. The zero-order chi connectivity index (χ0) is 37.9. The summed E-state index contributed by atoms with van der Waals surface area (Å²) in [6.07, 6.45) is 18.0. The summed E-state index contributed by atoms with van der Waals surface area (Å²) in [5, 5.41) is 29.9. The Morgan fingerprint density at radius 1 is 0.755 bits per heavy atom. The van der Waals surface area contributed by atoms with E-state index in [1.807, 2.05) is 60.1 Å². The average Bonchev–Trinajstić information content (AvgIpc) is 3.88. The second-order valence-corrected chi connectivity index (χ2v) is 17.5. The number of anilines is 1. The molecule has 0 radical (unpaired) electrons. The van der Waals surface area contributed by atoms with Crippen molar-refractivity contribution in [2.45, 2.75) is 151 Å². The van der Waals surface area contributed by atoms with Gasteiger partial charge in [-0.15, -0.1) is 0 Å². The van der Waals surface area contributed by atoms with Gasteiger partial charge in [0.05, 0.1) is 29.3 Å². The maximum Gasteiger partial charge on any atom is 0.252 e. The number of carbonyl (C=O) groups excluding carboxylic acids is 1. The molecule has 4 rings (SSSR count). The highest BCUT2D eigenvalue weighted by atomic mass is 32.2. The third-order valence-electron chi connectivity index (χ3n) is 10.5. The number of nitrogens with zero attached hydrogens (tertiary/aromatic N) is 1. The van der Waals surface area contributed by atoms with Crippen LogP contribution in [0.2, 0.25) is 0 Å². The molecule has 1 aliphatic rings. The largest absolute Gasteiger partial charge is 0.390 e. The van der Waals surface area contributed by atoms with Crippen LogP contribution in [0.3, 0.4) is 0 Å². The molecule has 9 nitrogen and oxygen atoms in total. The summed E-state index contributed by atoms with van der Waals surface area (Å²) in [4.78, 5) is 14.3. The van der Waals surface area contributed by atoms with E-state index in [9.17, 15) is 23.4 Å². The predicted molar refractivity (Wildman–Crippen MR) is 219 cm³/mol. The summed E-state index contributed by atoms with van der Waals surface area (Å²) in [6, 6.07) is 13.1. The standard InChI is InChI=1S/C42H65N3O6S2/c1-45(2)36-22-18-21-35-34(36)20-19-25-41(35)53(49,50)44-30-17-13-9-5-7-11-15-24-38(47)40-27-26-39(51-40)37(46)23-14-10-6-3-4-8-12-16-29-43-42(48)33-28-31-52-32-33/h18-22,25,28,31-32,37-40,44,46-47H,3-17,23-24,26-27,29-30H2,1-2H3,(H,43,48)/t37-,38-,39-,40-/m1/s1. The molecule has 1 fully saturated rings. The van der Waals surface area contributed by atoms with Gasteiger partial charge in [0.1, 0.15) is 0 Å². The fourth-order valence-electron chi connectivity index (χ4n) is 7.40. The van der Waals surface area contributed by atoms with E-state index in [4.69, 9.17) is 4.74 Å². The van der Waals surface area contributed by atoms with Gasteiger partial charge in [0.15, 0.2) is 0 Å². The molecule has 3 aromatic rings. The molecule has 1 saturated heterocycles. The molecule has 0 saturated carbocycles. The van der Waals surface area contributed by atoms with Crippen LogP contribution in [0.4, 0.5) is 5.69 Å². The van der Waals surface area contributed by atoms with Crippen molar-refractivity contribution in [1.82, 2.24) is 10.0 Å². The van der Waals surface area contributed by atoms with Crippen molar-refractivity contribution in [2.24, 2.45) is 0 Å². The summed E-state index contributed by atoms with van der Waals surface area (Å²) in [5.41, 5.74) is 1.74. The van der Waals surface area contributed by atoms with Gasteiger partial charge in [-0.1, -0.05) is 108 Å². The van der Waals surface area contributed by atoms with Crippen molar-refractivity contribution in [3.63, 3.8) is 0 Å². The van der Waals surface area contributed by atoms with Gasteiger partial charge in [-0.3, -0.25) is 4.79 Å². The molecule has 1 aromatic heterocycles. The zero-order valence-corrected chi connectivity index (χ0v) is 33.8. The molecular weight excluding hydrogens is 707 g/mol. The van der Waals surface area contributed by atoms with Crippen LogP contribution in [0.5, 0.6) is 0 Å². The highest BCUT2D eigenvalue weighted by molar-refractivity contribution is 7.89. The average molecular weight is 772 g/mol. The lowest BCUT2D eigenvalue weighted by Crippen LogP contribution is -2.31. The number of aliphatic hydroxyl groups excluding tert-OH is 2. The fraction of sp³-hybridized carbons (Fsp3) is 0.643. The van der Waals surface area contributed by atoms with Crippen molar-refractivity contribution >= 4 is 43.7 Å².